The molecule has 4 heteroatoms. The van der Waals surface area contributed by atoms with Crippen LogP contribution < -0.4 is 10.2 Å². The van der Waals surface area contributed by atoms with Crippen LogP contribution >= 0.6 is 0 Å². The SMILES string of the molecule is CCCCN(C)c1cnc(CNC(C)(C)C)cn1. The van der Waals surface area contributed by atoms with E-state index >= 15 is 0 Å². The average Bonchev–Trinajstić information content (AvgIpc) is 2.33. The maximum atomic E-state index is 4.46. The molecule has 102 valence electrons. The third kappa shape index (κ3) is 5.45. The van der Waals surface area contributed by atoms with Crippen molar-refractivity contribution in [1.82, 2.24) is 15.3 Å². The number of anilines is 1. The molecular formula is C14H26N4. The minimum Gasteiger partial charge on any atom is -0.358 e. The van der Waals surface area contributed by atoms with Crippen molar-refractivity contribution >= 4 is 5.82 Å². The van der Waals surface area contributed by atoms with Crippen molar-refractivity contribution in [3.63, 3.8) is 0 Å². The van der Waals surface area contributed by atoms with Crippen molar-refractivity contribution in [3.8, 4) is 0 Å². The van der Waals surface area contributed by atoms with Crippen LogP contribution in [0.15, 0.2) is 12.4 Å². The number of unbranched alkanes of at least 4 members (excludes halogenated alkanes) is 1. The first kappa shape index (κ1) is 14.9. The summed E-state index contributed by atoms with van der Waals surface area (Å²) in [6.07, 6.45) is 6.10. The van der Waals surface area contributed by atoms with Crippen molar-refractivity contribution in [2.24, 2.45) is 0 Å². The van der Waals surface area contributed by atoms with Crippen LogP contribution in [0.3, 0.4) is 0 Å². The lowest BCUT2D eigenvalue weighted by molar-refractivity contribution is 0.421. The molecule has 0 aliphatic carbocycles. The van der Waals surface area contributed by atoms with Gasteiger partial charge < -0.3 is 10.2 Å². The molecule has 18 heavy (non-hydrogen) atoms. The first-order valence-electron chi connectivity index (χ1n) is 6.69. The van der Waals surface area contributed by atoms with E-state index in [0.29, 0.717) is 0 Å². The van der Waals surface area contributed by atoms with Gasteiger partial charge >= 0.3 is 0 Å². The Morgan fingerprint density at radius 2 is 1.94 bits per heavy atom. The number of rotatable bonds is 6. The first-order chi connectivity index (χ1) is 8.42. The normalized spacial score (nSPS) is 11.6. The van der Waals surface area contributed by atoms with E-state index in [1.807, 2.05) is 12.4 Å². The van der Waals surface area contributed by atoms with Gasteiger partial charge in [0, 0.05) is 25.7 Å². The average molecular weight is 250 g/mol. The summed E-state index contributed by atoms with van der Waals surface area (Å²) in [5.74, 6) is 0.947. The van der Waals surface area contributed by atoms with Gasteiger partial charge in [-0.3, -0.25) is 4.98 Å². The van der Waals surface area contributed by atoms with Crippen LogP contribution in [0.2, 0.25) is 0 Å². The summed E-state index contributed by atoms with van der Waals surface area (Å²) in [6.45, 7) is 10.4. The Labute approximate surface area is 111 Å². The number of hydrogen-bond donors (Lipinski definition) is 1. The maximum Gasteiger partial charge on any atom is 0.146 e. The smallest absolute Gasteiger partial charge is 0.146 e. The van der Waals surface area contributed by atoms with Crippen LogP contribution in [-0.4, -0.2) is 29.1 Å². The van der Waals surface area contributed by atoms with E-state index in [-0.39, 0.29) is 5.54 Å². The van der Waals surface area contributed by atoms with Gasteiger partial charge in [0.2, 0.25) is 0 Å². The van der Waals surface area contributed by atoms with E-state index in [4.69, 9.17) is 0 Å². The van der Waals surface area contributed by atoms with E-state index in [1.165, 1.54) is 12.8 Å². The lowest BCUT2D eigenvalue weighted by atomic mass is 10.1. The van der Waals surface area contributed by atoms with Crippen LogP contribution in [0.1, 0.15) is 46.2 Å². The minimum absolute atomic E-state index is 0.109. The van der Waals surface area contributed by atoms with E-state index in [1.54, 1.807) is 0 Å². The summed E-state index contributed by atoms with van der Waals surface area (Å²) in [4.78, 5) is 11.1. The van der Waals surface area contributed by atoms with Crippen molar-refractivity contribution < 1.29 is 0 Å². The van der Waals surface area contributed by atoms with E-state index < -0.39 is 0 Å². The zero-order valence-electron chi connectivity index (χ0n) is 12.3. The van der Waals surface area contributed by atoms with Gasteiger partial charge in [-0.2, -0.15) is 0 Å². The Morgan fingerprint density at radius 1 is 1.22 bits per heavy atom. The molecule has 0 aliphatic rings. The number of nitrogens with one attached hydrogen (secondary N) is 1. The van der Waals surface area contributed by atoms with Gasteiger partial charge in [-0.05, 0) is 27.2 Å². The van der Waals surface area contributed by atoms with Gasteiger partial charge in [-0.1, -0.05) is 13.3 Å². The lowest BCUT2D eigenvalue weighted by Gasteiger charge is -2.20. The second-order valence-corrected chi connectivity index (χ2v) is 5.74. The van der Waals surface area contributed by atoms with Crippen molar-refractivity contribution in [2.75, 3.05) is 18.5 Å². The summed E-state index contributed by atoms with van der Waals surface area (Å²) in [5.41, 5.74) is 1.09. The second-order valence-electron chi connectivity index (χ2n) is 5.74. The van der Waals surface area contributed by atoms with Gasteiger partial charge in [0.15, 0.2) is 0 Å². The summed E-state index contributed by atoms with van der Waals surface area (Å²) in [7, 11) is 2.06. The maximum absolute atomic E-state index is 4.46. The molecule has 0 spiro atoms. The molecular weight excluding hydrogens is 224 g/mol. The van der Waals surface area contributed by atoms with Gasteiger partial charge in [-0.15, -0.1) is 0 Å². The zero-order chi connectivity index (χ0) is 13.6. The molecule has 1 N–H and O–H groups in total. The molecule has 0 fully saturated rings. The molecule has 0 radical (unpaired) electrons. The molecule has 4 nitrogen and oxygen atoms in total. The van der Waals surface area contributed by atoms with Gasteiger partial charge in [0.1, 0.15) is 5.82 Å². The molecule has 1 aromatic heterocycles. The van der Waals surface area contributed by atoms with Crippen molar-refractivity contribution in [1.29, 1.82) is 0 Å². The Kier molecular flexibility index (Phi) is 5.54. The fourth-order valence-electron chi connectivity index (χ4n) is 1.50. The summed E-state index contributed by atoms with van der Waals surface area (Å²) < 4.78 is 0. The van der Waals surface area contributed by atoms with Crippen molar-refractivity contribution in [3.05, 3.63) is 18.1 Å². The molecule has 0 saturated carbocycles. The Morgan fingerprint density at radius 3 is 2.44 bits per heavy atom. The van der Waals surface area contributed by atoms with Gasteiger partial charge in [-0.25, -0.2) is 4.98 Å². The van der Waals surface area contributed by atoms with Crippen LogP contribution in [0.5, 0.6) is 0 Å². The molecule has 1 rings (SSSR count). The summed E-state index contributed by atoms with van der Waals surface area (Å²) in [5, 5.41) is 3.41. The lowest BCUT2D eigenvalue weighted by Crippen LogP contribution is -2.35. The predicted octanol–water partition coefficient (Wildman–Crippen LogP) is 2.60. The Balaban J connectivity index is 2.52. The van der Waals surface area contributed by atoms with E-state index in [2.05, 4.69) is 54.9 Å². The highest BCUT2D eigenvalue weighted by atomic mass is 15.2. The quantitative estimate of drug-likeness (QED) is 0.842. The van der Waals surface area contributed by atoms with Crippen LogP contribution in [0.4, 0.5) is 5.82 Å². The molecule has 0 amide bonds. The van der Waals surface area contributed by atoms with E-state index in [0.717, 1.165) is 24.6 Å². The zero-order valence-corrected chi connectivity index (χ0v) is 12.3. The molecule has 1 heterocycles. The Hall–Kier alpha value is -1.16. The highest BCUT2D eigenvalue weighted by Gasteiger charge is 2.09. The molecule has 1 aromatic rings. The van der Waals surface area contributed by atoms with Crippen LogP contribution in [0.25, 0.3) is 0 Å². The monoisotopic (exact) mass is 250 g/mol. The molecule has 0 saturated heterocycles. The topological polar surface area (TPSA) is 41.1 Å². The highest BCUT2D eigenvalue weighted by molar-refractivity contribution is 5.34. The standard InChI is InChI=1S/C14H26N4/c1-6-7-8-18(5)13-11-15-12(9-16-13)10-17-14(2,3)4/h9,11,17H,6-8,10H2,1-5H3. The second kappa shape index (κ2) is 6.69. The van der Waals surface area contributed by atoms with Crippen molar-refractivity contribution in [2.45, 2.75) is 52.6 Å². The third-order valence-corrected chi connectivity index (χ3v) is 2.73. The minimum atomic E-state index is 0.109. The summed E-state index contributed by atoms with van der Waals surface area (Å²) >= 11 is 0. The van der Waals surface area contributed by atoms with Gasteiger partial charge in [0.05, 0.1) is 18.1 Å². The highest BCUT2D eigenvalue weighted by Crippen LogP contribution is 2.08. The van der Waals surface area contributed by atoms with Crippen LogP contribution in [0, 0.1) is 0 Å². The largest absolute Gasteiger partial charge is 0.358 e. The van der Waals surface area contributed by atoms with Gasteiger partial charge in [0.25, 0.3) is 0 Å². The molecule has 0 unspecified atom stereocenters. The fourth-order valence-corrected chi connectivity index (χ4v) is 1.50. The third-order valence-electron chi connectivity index (χ3n) is 2.73. The summed E-state index contributed by atoms with van der Waals surface area (Å²) in [6, 6.07) is 0. The molecule has 0 atom stereocenters. The number of nitrogens with zero attached hydrogens (tertiary/aromatic N) is 3. The Bertz CT molecular complexity index is 340. The molecule has 0 bridgehead atoms. The van der Waals surface area contributed by atoms with E-state index in [9.17, 15) is 0 Å². The first-order valence-corrected chi connectivity index (χ1v) is 6.69. The fraction of sp³-hybridized carbons (Fsp3) is 0.714. The van der Waals surface area contributed by atoms with Crippen LogP contribution in [-0.2, 0) is 6.54 Å². The molecule has 0 aromatic carbocycles. The molecule has 0 aliphatic heterocycles. The number of aromatic nitrogens is 2. The number of hydrogen-bond acceptors (Lipinski definition) is 4. The predicted molar refractivity (Wildman–Crippen MR) is 76.8 cm³/mol.